The fourth-order valence-electron chi connectivity index (χ4n) is 2.11. The van der Waals surface area contributed by atoms with Crippen molar-refractivity contribution in [2.75, 3.05) is 29.7 Å². The quantitative estimate of drug-likeness (QED) is 0.886. The lowest BCUT2D eigenvalue weighted by molar-refractivity contribution is 0.664. The maximum atomic E-state index is 5.87. The SMILES string of the molecule is CCc1cc2c(N(C)C(C)CCSC)nc(N)nc2s1. The van der Waals surface area contributed by atoms with Crippen LogP contribution >= 0.6 is 23.1 Å². The van der Waals surface area contributed by atoms with E-state index in [4.69, 9.17) is 5.73 Å². The molecule has 0 aliphatic carbocycles. The Hall–Kier alpha value is -1.01. The number of fused-ring (bicyclic) bond motifs is 1. The maximum Gasteiger partial charge on any atom is 0.223 e. The Morgan fingerprint density at radius 1 is 1.45 bits per heavy atom. The molecule has 0 saturated carbocycles. The molecule has 2 aromatic rings. The van der Waals surface area contributed by atoms with Gasteiger partial charge >= 0.3 is 0 Å². The Morgan fingerprint density at radius 2 is 2.20 bits per heavy atom. The molecule has 0 bridgehead atoms. The Kier molecular flexibility index (Phi) is 5.10. The predicted molar refractivity (Wildman–Crippen MR) is 92.1 cm³/mol. The van der Waals surface area contributed by atoms with Crippen molar-refractivity contribution in [1.82, 2.24) is 9.97 Å². The van der Waals surface area contributed by atoms with Crippen molar-refractivity contribution < 1.29 is 0 Å². The highest BCUT2D eigenvalue weighted by Crippen LogP contribution is 2.32. The normalized spacial score (nSPS) is 12.8. The Bertz CT molecular complexity index is 582. The summed E-state index contributed by atoms with van der Waals surface area (Å²) in [5.74, 6) is 2.47. The highest BCUT2D eigenvalue weighted by atomic mass is 32.2. The highest BCUT2D eigenvalue weighted by molar-refractivity contribution is 7.98. The second kappa shape index (κ2) is 6.63. The molecule has 2 aromatic heterocycles. The number of anilines is 2. The molecule has 6 heteroatoms. The van der Waals surface area contributed by atoms with Gasteiger partial charge in [-0.25, -0.2) is 4.98 Å². The van der Waals surface area contributed by atoms with Gasteiger partial charge in [0.15, 0.2) is 0 Å². The molecule has 0 aliphatic rings. The second-order valence-electron chi connectivity index (χ2n) is 4.93. The Morgan fingerprint density at radius 3 is 2.85 bits per heavy atom. The van der Waals surface area contributed by atoms with Crippen LogP contribution in [0.15, 0.2) is 6.07 Å². The number of hydrogen-bond acceptors (Lipinski definition) is 6. The largest absolute Gasteiger partial charge is 0.368 e. The van der Waals surface area contributed by atoms with Crippen molar-refractivity contribution in [3.63, 3.8) is 0 Å². The summed E-state index contributed by atoms with van der Waals surface area (Å²) < 4.78 is 0. The van der Waals surface area contributed by atoms with Crippen molar-refractivity contribution in [3.8, 4) is 0 Å². The molecule has 0 aliphatic heterocycles. The van der Waals surface area contributed by atoms with E-state index in [0.29, 0.717) is 12.0 Å². The van der Waals surface area contributed by atoms with E-state index >= 15 is 0 Å². The van der Waals surface area contributed by atoms with Crippen LogP contribution in [0, 0.1) is 0 Å². The molecule has 0 radical (unpaired) electrons. The molecule has 2 N–H and O–H groups in total. The summed E-state index contributed by atoms with van der Waals surface area (Å²) in [4.78, 5) is 13.4. The molecular formula is C14H22N4S2. The minimum absolute atomic E-state index is 0.362. The number of nitrogens with zero attached hydrogens (tertiary/aromatic N) is 3. The van der Waals surface area contributed by atoms with Gasteiger partial charge in [-0.05, 0) is 37.8 Å². The van der Waals surface area contributed by atoms with E-state index in [9.17, 15) is 0 Å². The molecule has 0 aromatic carbocycles. The second-order valence-corrected chi connectivity index (χ2v) is 7.03. The van der Waals surface area contributed by atoms with Crippen LogP contribution in [-0.4, -0.2) is 35.1 Å². The number of thioether (sulfide) groups is 1. The zero-order chi connectivity index (χ0) is 14.7. The minimum Gasteiger partial charge on any atom is -0.368 e. The molecule has 0 fully saturated rings. The van der Waals surface area contributed by atoms with E-state index in [2.05, 4.69) is 48.1 Å². The summed E-state index contributed by atoms with van der Waals surface area (Å²) in [6.07, 6.45) is 4.29. The summed E-state index contributed by atoms with van der Waals surface area (Å²) in [6, 6.07) is 2.64. The monoisotopic (exact) mass is 310 g/mol. The van der Waals surface area contributed by atoms with E-state index in [0.717, 1.165) is 34.6 Å². The lowest BCUT2D eigenvalue weighted by Crippen LogP contribution is -2.30. The van der Waals surface area contributed by atoms with Gasteiger partial charge in [0.25, 0.3) is 0 Å². The summed E-state index contributed by atoms with van der Waals surface area (Å²) in [7, 11) is 2.09. The standard InChI is InChI=1S/C14H22N4S2/c1-5-10-8-11-12(16-14(15)17-13(11)20-10)18(3)9(2)6-7-19-4/h8-9H,5-7H2,1-4H3,(H2,15,16,17). The van der Waals surface area contributed by atoms with Gasteiger partial charge in [0.05, 0.1) is 5.39 Å². The summed E-state index contributed by atoms with van der Waals surface area (Å²) in [5.41, 5.74) is 5.87. The molecule has 20 heavy (non-hydrogen) atoms. The van der Waals surface area contributed by atoms with Crippen LogP contribution in [0.5, 0.6) is 0 Å². The molecule has 110 valence electrons. The maximum absolute atomic E-state index is 5.87. The van der Waals surface area contributed by atoms with Gasteiger partial charge in [0, 0.05) is 18.0 Å². The van der Waals surface area contributed by atoms with Crippen LogP contribution in [0.25, 0.3) is 10.2 Å². The van der Waals surface area contributed by atoms with Crippen LogP contribution in [0.3, 0.4) is 0 Å². The van der Waals surface area contributed by atoms with Gasteiger partial charge < -0.3 is 10.6 Å². The molecule has 4 nitrogen and oxygen atoms in total. The summed E-state index contributed by atoms with van der Waals surface area (Å²) >= 11 is 3.59. The van der Waals surface area contributed by atoms with E-state index in [1.807, 2.05) is 11.8 Å². The van der Waals surface area contributed by atoms with Gasteiger partial charge in [-0.15, -0.1) is 11.3 Å². The fourth-order valence-corrected chi connectivity index (χ4v) is 3.65. The fraction of sp³-hybridized carbons (Fsp3) is 0.571. The first-order valence-electron chi connectivity index (χ1n) is 6.84. The van der Waals surface area contributed by atoms with E-state index in [-0.39, 0.29) is 0 Å². The molecule has 1 unspecified atom stereocenters. The third-order valence-corrected chi connectivity index (χ3v) is 5.34. The lowest BCUT2D eigenvalue weighted by atomic mass is 10.2. The van der Waals surface area contributed by atoms with Crippen molar-refractivity contribution in [3.05, 3.63) is 10.9 Å². The van der Waals surface area contributed by atoms with E-state index < -0.39 is 0 Å². The van der Waals surface area contributed by atoms with Crippen LogP contribution in [0.4, 0.5) is 11.8 Å². The van der Waals surface area contributed by atoms with E-state index in [1.54, 1.807) is 11.3 Å². The van der Waals surface area contributed by atoms with Crippen LogP contribution in [0.2, 0.25) is 0 Å². The first-order chi connectivity index (χ1) is 9.56. The average molecular weight is 310 g/mol. The predicted octanol–water partition coefficient (Wildman–Crippen LogP) is 3.41. The van der Waals surface area contributed by atoms with Crippen molar-refractivity contribution in [1.29, 1.82) is 0 Å². The third-order valence-electron chi connectivity index (χ3n) is 3.52. The molecular weight excluding hydrogens is 288 g/mol. The average Bonchev–Trinajstić information content (AvgIpc) is 2.85. The number of hydrogen-bond donors (Lipinski definition) is 1. The molecule has 0 amide bonds. The zero-order valence-corrected chi connectivity index (χ0v) is 14.1. The van der Waals surface area contributed by atoms with Crippen LogP contribution in [-0.2, 0) is 6.42 Å². The minimum atomic E-state index is 0.362. The van der Waals surface area contributed by atoms with Gasteiger partial charge in [-0.3, -0.25) is 0 Å². The summed E-state index contributed by atoms with van der Waals surface area (Å²) in [5, 5.41) is 1.12. The summed E-state index contributed by atoms with van der Waals surface area (Å²) in [6.45, 7) is 4.39. The number of thiophene rings is 1. The Balaban J connectivity index is 2.38. The van der Waals surface area contributed by atoms with Crippen molar-refractivity contribution in [2.24, 2.45) is 0 Å². The van der Waals surface area contributed by atoms with Gasteiger partial charge in [0.1, 0.15) is 10.6 Å². The number of aromatic nitrogens is 2. The molecule has 2 heterocycles. The van der Waals surface area contributed by atoms with Crippen molar-refractivity contribution >= 4 is 45.1 Å². The highest BCUT2D eigenvalue weighted by Gasteiger charge is 2.17. The topological polar surface area (TPSA) is 55.0 Å². The first-order valence-corrected chi connectivity index (χ1v) is 9.05. The van der Waals surface area contributed by atoms with Crippen molar-refractivity contribution in [2.45, 2.75) is 32.7 Å². The molecule has 0 spiro atoms. The molecule has 0 saturated heterocycles. The third kappa shape index (κ3) is 3.17. The number of rotatable bonds is 6. The molecule has 2 rings (SSSR count). The van der Waals surface area contributed by atoms with Gasteiger partial charge in [-0.1, -0.05) is 6.92 Å². The lowest BCUT2D eigenvalue weighted by Gasteiger charge is -2.26. The van der Waals surface area contributed by atoms with Gasteiger partial charge in [0.2, 0.25) is 5.95 Å². The number of aryl methyl sites for hydroxylation is 1. The van der Waals surface area contributed by atoms with Crippen LogP contribution < -0.4 is 10.6 Å². The zero-order valence-electron chi connectivity index (χ0n) is 12.5. The van der Waals surface area contributed by atoms with Gasteiger partial charge in [-0.2, -0.15) is 16.7 Å². The Labute approximate surface area is 128 Å². The number of nitrogens with two attached hydrogens (primary N) is 1. The molecule has 1 atom stereocenters. The first kappa shape index (κ1) is 15.4. The number of nitrogen functional groups attached to an aromatic ring is 1. The van der Waals surface area contributed by atoms with E-state index in [1.165, 1.54) is 4.88 Å². The van der Waals surface area contributed by atoms with Crippen LogP contribution in [0.1, 0.15) is 25.1 Å². The smallest absolute Gasteiger partial charge is 0.223 e.